The molecule has 1 aromatic heterocycles. The van der Waals surface area contributed by atoms with Crippen LogP contribution >= 0.6 is 11.3 Å². The van der Waals surface area contributed by atoms with Crippen LogP contribution in [0.15, 0.2) is 48.5 Å². The highest BCUT2D eigenvalue weighted by Crippen LogP contribution is 2.30. The van der Waals surface area contributed by atoms with E-state index < -0.39 is 0 Å². The van der Waals surface area contributed by atoms with E-state index in [-0.39, 0.29) is 5.91 Å². The van der Waals surface area contributed by atoms with Gasteiger partial charge in [-0.3, -0.25) is 4.79 Å². The van der Waals surface area contributed by atoms with Gasteiger partial charge < -0.3 is 4.90 Å². The Balaban J connectivity index is 1.62. The number of rotatable bonds is 2. The second-order valence-electron chi connectivity index (χ2n) is 5.56. The van der Waals surface area contributed by atoms with Crippen LogP contribution in [0.25, 0.3) is 20.8 Å². The van der Waals surface area contributed by atoms with E-state index in [1.165, 1.54) is 4.70 Å². The molecule has 0 unspecified atom stereocenters. The van der Waals surface area contributed by atoms with Gasteiger partial charge in [-0.1, -0.05) is 24.3 Å². The van der Waals surface area contributed by atoms with E-state index in [4.69, 9.17) is 0 Å². The Labute approximate surface area is 133 Å². The summed E-state index contributed by atoms with van der Waals surface area (Å²) in [4.78, 5) is 18.9. The first-order valence-corrected chi connectivity index (χ1v) is 8.38. The average molecular weight is 308 g/mol. The van der Waals surface area contributed by atoms with Crippen LogP contribution in [-0.2, 0) is 0 Å². The summed E-state index contributed by atoms with van der Waals surface area (Å²) in [6, 6.07) is 16.0. The highest BCUT2D eigenvalue weighted by atomic mass is 32.1. The second-order valence-corrected chi connectivity index (χ2v) is 6.59. The molecule has 4 heteroatoms. The molecule has 0 atom stereocenters. The number of thiazole rings is 1. The Morgan fingerprint density at radius 2 is 1.73 bits per heavy atom. The summed E-state index contributed by atoms with van der Waals surface area (Å²) in [7, 11) is 0. The van der Waals surface area contributed by atoms with Gasteiger partial charge >= 0.3 is 0 Å². The van der Waals surface area contributed by atoms with E-state index in [1.54, 1.807) is 11.3 Å². The lowest BCUT2D eigenvalue weighted by Gasteiger charge is -2.15. The third-order valence-electron chi connectivity index (χ3n) is 4.07. The second kappa shape index (κ2) is 5.54. The summed E-state index contributed by atoms with van der Waals surface area (Å²) in [5.41, 5.74) is 2.87. The maximum atomic E-state index is 12.3. The van der Waals surface area contributed by atoms with Crippen LogP contribution in [0.3, 0.4) is 0 Å². The number of carbonyl (C=O) groups excluding carboxylic acids is 1. The fraction of sp³-hybridized carbons (Fsp3) is 0.222. The molecule has 1 aliphatic heterocycles. The van der Waals surface area contributed by atoms with Gasteiger partial charge in [0.05, 0.1) is 10.2 Å². The molecule has 0 radical (unpaired) electrons. The minimum Gasteiger partial charge on any atom is -0.339 e. The van der Waals surface area contributed by atoms with E-state index in [2.05, 4.69) is 11.1 Å². The van der Waals surface area contributed by atoms with Crippen LogP contribution < -0.4 is 0 Å². The predicted molar refractivity (Wildman–Crippen MR) is 90.2 cm³/mol. The first-order chi connectivity index (χ1) is 10.8. The Hall–Kier alpha value is -2.20. The normalized spacial score (nSPS) is 14.6. The van der Waals surface area contributed by atoms with E-state index in [0.29, 0.717) is 0 Å². The van der Waals surface area contributed by atoms with Gasteiger partial charge in [0.25, 0.3) is 5.91 Å². The number of aromatic nitrogens is 1. The minimum atomic E-state index is 0.147. The molecule has 22 heavy (non-hydrogen) atoms. The highest BCUT2D eigenvalue weighted by Gasteiger charge is 2.19. The van der Waals surface area contributed by atoms with Crippen molar-refractivity contribution in [3.63, 3.8) is 0 Å². The van der Waals surface area contributed by atoms with Crippen LogP contribution in [0.1, 0.15) is 23.2 Å². The van der Waals surface area contributed by atoms with Gasteiger partial charge in [0.1, 0.15) is 5.01 Å². The fourth-order valence-corrected chi connectivity index (χ4v) is 3.82. The van der Waals surface area contributed by atoms with E-state index >= 15 is 0 Å². The standard InChI is InChI=1S/C18H16N2OS/c21-18(20-11-3-4-12-20)14-9-7-13(8-10-14)17-19-15-5-1-2-6-16(15)22-17/h1-2,5-10H,3-4,11-12H2. The first kappa shape index (κ1) is 13.5. The summed E-state index contributed by atoms with van der Waals surface area (Å²) >= 11 is 1.68. The quantitative estimate of drug-likeness (QED) is 0.711. The van der Waals surface area contributed by atoms with Gasteiger partial charge in [0, 0.05) is 24.2 Å². The zero-order valence-corrected chi connectivity index (χ0v) is 13.0. The smallest absolute Gasteiger partial charge is 0.253 e. The number of amides is 1. The van der Waals surface area contributed by atoms with Crippen molar-refractivity contribution in [1.29, 1.82) is 0 Å². The molecule has 1 fully saturated rings. The lowest BCUT2D eigenvalue weighted by Crippen LogP contribution is -2.27. The maximum Gasteiger partial charge on any atom is 0.253 e. The summed E-state index contributed by atoms with van der Waals surface area (Å²) in [6.45, 7) is 1.77. The van der Waals surface area contributed by atoms with Crippen LogP contribution in [0.4, 0.5) is 0 Å². The van der Waals surface area contributed by atoms with Crippen molar-refractivity contribution < 1.29 is 4.79 Å². The number of likely N-dealkylation sites (tertiary alicyclic amines) is 1. The van der Waals surface area contributed by atoms with E-state index in [9.17, 15) is 4.79 Å². The van der Waals surface area contributed by atoms with Crippen LogP contribution in [0.5, 0.6) is 0 Å². The SMILES string of the molecule is O=C(c1ccc(-c2nc3ccccc3s2)cc1)N1CCCC1. The molecule has 110 valence electrons. The number of fused-ring (bicyclic) bond motifs is 1. The Kier molecular flexibility index (Phi) is 3.39. The van der Waals surface area contributed by atoms with Gasteiger partial charge in [-0.2, -0.15) is 0 Å². The average Bonchev–Trinajstić information content (AvgIpc) is 3.23. The Bertz CT molecular complexity index is 783. The Morgan fingerprint density at radius 1 is 1.00 bits per heavy atom. The number of carbonyl (C=O) groups is 1. The lowest BCUT2D eigenvalue weighted by atomic mass is 10.1. The molecule has 2 aromatic carbocycles. The molecule has 1 saturated heterocycles. The molecule has 1 amide bonds. The summed E-state index contributed by atoms with van der Waals surface area (Å²) < 4.78 is 1.19. The first-order valence-electron chi connectivity index (χ1n) is 7.56. The topological polar surface area (TPSA) is 33.2 Å². The van der Waals surface area contributed by atoms with Crippen molar-refractivity contribution in [2.75, 3.05) is 13.1 Å². The predicted octanol–water partition coefficient (Wildman–Crippen LogP) is 4.20. The molecular formula is C18H16N2OS. The number of nitrogens with zero attached hydrogens (tertiary/aromatic N) is 2. The minimum absolute atomic E-state index is 0.147. The molecule has 2 heterocycles. The third kappa shape index (κ3) is 2.40. The van der Waals surface area contributed by atoms with Crippen molar-refractivity contribution in [1.82, 2.24) is 9.88 Å². The van der Waals surface area contributed by atoms with Gasteiger partial charge in [-0.05, 0) is 37.1 Å². The highest BCUT2D eigenvalue weighted by molar-refractivity contribution is 7.21. The van der Waals surface area contributed by atoms with E-state index in [0.717, 1.165) is 47.6 Å². The van der Waals surface area contributed by atoms with Gasteiger partial charge in [0.15, 0.2) is 0 Å². The fourth-order valence-electron chi connectivity index (χ4n) is 2.85. The van der Waals surface area contributed by atoms with Crippen molar-refractivity contribution in [2.24, 2.45) is 0 Å². The molecule has 0 spiro atoms. The molecule has 0 aliphatic carbocycles. The van der Waals surface area contributed by atoms with Crippen LogP contribution in [-0.4, -0.2) is 28.9 Å². The van der Waals surface area contributed by atoms with Gasteiger partial charge in [-0.15, -0.1) is 11.3 Å². The molecular weight excluding hydrogens is 292 g/mol. The maximum absolute atomic E-state index is 12.3. The molecule has 4 rings (SSSR count). The van der Waals surface area contributed by atoms with Crippen molar-refractivity contribution in [3.05, 3.63) is 54.1 Å². The monoisotopic (exact) mass is 308 g/mol. The lowest BCUT2D eigenvalue weighted by molar-refractivity contribution is 0.0793. The summed E-state index contributed by atoms with van der Waals surface area (Å²) in [5.74, 6) is 0.147. The van der Waals surface area contributed by atoms with Gasteiger partial charge in [-0.25, -0.2) is 4.98 Å². The number of hydrogen-bond acceptors (Lipinski definition) is 3. The van der Waals surface area contributed by atoms with Crippen LogP contribution in [0.2, 0.25) is 0 Å². The van der Waals surface area contributed by atoms with E-state index in [1.807, 2.05) is 47.4 Å². The number of benzene rings is 2. The molecule has 3 aromatic rings. The van der Waals surface area contributed by atoms with Crippen LogP contribution in [0, 0.1) is 0 Å². The summed E-state index contributed by atoms with van der Waals surface area (Å²) in [6.07, 6.45) is 2.24. The third-order valence-corrected chi connectivity index (χ3v) is 5.15. The van der Waals surface area contributed by atoms with Crippen molar-refractivity contribution in [2.45, 2.75) is 12.8 Å². The van der Waals surface area contributed by atoms with Crippen molar-refractivity contribution >= 4 is 27.5 Å². The molecule has 0 saturated carbocycles. The zero-order chi connectivity index (χ0) is 14.9. The summed E-state index contributed by atoms with van der Waals surface area (Å²) in [5, 5.41) is 1.00. The molecule has 3 nitrogen and oxygen atoms in total. The molecule has 1 aliphatic rings. The number of para-hydroxylation sites is 1. The Morgan fingerprint density at radius 3 is 2.45 bits per heavy atom. The van der Waals surface area contributed by atoms with Gasteiger partial charge in [0.2, 0.25) is 0 Å². The van der Waals surface area contributed by atoms with Crippen molar-refractivity contribution in [3.8, 4) is 10.6 Å². The largest absolute Gasteiger partial charge is 0.339 e. The molecule has 0 N–H and O–H groups in total. The zero-order valence-electron chi connectivity index (χ0n) is 12.2. The molecule has 0 bridgehead atoms. The number of hydrogen-bond donors (Lipinski definition) is 0.